The van der Waals surface area contributed by atoms with Crippen LogP contribution in [0.5, 0.6) is 0 Å². The van der Waals surface area contributed by atoms with Gasteiger partial charge in [0.15, 0.2) is 0 Å². The van der Waals surface area contributed by atoms with Gasteiger partial charge in [0.1, 0.15) is 0 Å². The monoisotopic (exact) mass is 325 g/mol. The summed E-state index contributed by atoms with van der Waals surface area (Å²) in [6.07, 6.45) is 20.0. The molecular weight excluding hydrogens is 286 g/mol. The lowest BCUT2D eigenvalue weighted by molar-refractivity contribution is -0.137. The molecule has 0 radical (unpaired) electrons. The molecule has 0 fully saturated rings. The molecule has 0 amide bonds. The van der Waals surface area contributed by atoms with Gasteiger partial charge in [-0.2, -0.15) is 0 Å². The maximum atomic E-state index is 11.2. The SMILES string of the molecule is CCCCCCCCCCCCCCCCOC(=O)/C=C(\C)N. The minimum atomic E-state index is -0.320. The second-order valence-corrected chi connectivity index (χ2v) is 6.65. The summed E-state index contributed by atoms with van der Waals surface area (Å²) >= 11 is 0. The standard InChI is InChI=1S/C20H39NO2/c1-3-4-5-6-7-8-9-10-11-12-13-14-15-16-17-23-20(22)18-19(2)21/h18H,3-17,21H2,1-2H3/b19-18+. The Labute approximate surface area is 144 Å². The van der Waals surface area contributed by atoms with Gasteiger partial charge in [-0.25, -0.2) is 4.79 Å². The molecule has 0 atom stereocenters. The summed E-state index contributed by atoms with van der Waals surface area (Å²) in [7, 11) is 0. The predicted molar refractivity (Wildman–Crippen MR) is 99.2 cm³/mol. The van der Waals surface area contributed by atoms with Crippen LogP contribution < -0.4 is 5.73 Å². The van der Waals surface area contributed by atoms with Crippen molar-refractivity contribution in [1.82, 2.24) is 0 Å². The number of carbonyl (C=O) groups is 1. The van der Waals surface area contributed by atoms with Crippen molar-refractivity contribution in [3.63, 3.8) is 0 Å². The fraction of sp³-hybridized carbons (Fsp3) is 0.850. The van der Waals surface area contributed by atoms with E-state index in [0.717, 1.165) is 12.8 Å². The number of hydrogen-bond acceptors (Lipinski definition) is 3. The van der Waals surface area contributed by atoms with Crippen LogP contribution in [0.2, 0.25) is 0 Å². The van der Waals surface area contributed by atoms with E-state index >= 15 is 0 Å². The molecule has 0 heterocycles. The molecule has 0 saturated carbocycles. The average molecular weight is 326 g/mol. The first kappa shape index (κ1) is 22.0. The molecule has 0 aromatic carbocycles. The van der Waals surface area contributed by atoms with Gasteiger partial charge in [0.25, 0.3) is 0 Å². The van der Waals surface area contributed by atoms with Gasteiger partial charge in [0, 0.05) is 11.8 Å². The molecule has 23 heavy (non-hydrogen) atoms. The van der Waals surface area contributed by atoms with E-state index in [1.54, 1.807) is 6.92 Å². The topological polar surface area (TPSA) is 52.3 Å². The van der Waals surface area contributed by atoms with Crippen molar-refractivity contribution in [3.05, 3.63) is 11.8 Å². The third-order valence-electron chi connectivity index (χ3n) is 4.09. The molecule has 0 bridgehead atoms. The number of esters is 1. The zero-order chi connectivity index (χ0) is 17.2. The molecule has 3 heteroatoms. The Balaban J connectivity index is 3.11. The van der Waals surface area contributed by atoms with Crippen LogP contribution in [-0.4, -0.2) is 12.6 Å². The largest absolute Gasteiger partial charge is 0.462 e. The Hall–Kier alpha value is -0.990. The average Bonchev–Trinajstić information content (AvgIpc) is 2.50. The lowest BCUT2D eigenvalue weighted by Crippen LogP contribution is -2.05. The summed E-state index contributed by atoms with van der Waals surface area (Å²) in [5.41, 5.74) is 5.91. The minimum absolute atomic E-state index is 0.320. The van der Waals surface area contributed by atoms with Crippen LogP contribution in [0.25, 0.3) is 0 Å². The molecule has 0 aliphatic heterocycles. The van der Waals surface area contributed by atoms with Gasteiger partial charge >= 0.3 is 5.97 Å². The second-order valence-electron chi connectivity index (χ2n) is 6.65. The first-order valence-corrected chi connectivity index (χ1v) is 9.77. The molecule has 0 unspecified atom stereocenters. The number of nitrogens with two attached hydrogens (primary N) is 1. The van der Waals surface area contributed by atoms with Crippen molar-refractivity contribution >= 4 is 5.97 Å². The van der Waals surface area contributed by atoms with E-state index < -0.39 is 0 Å². The highest BCUT2D eigenvalue weighted by Gasteiger charge is 1.98. The Morgan fingerprint density at radius 1 is 0.783 bits per heavy atom. The zero-order valence-corrected chi connectivity index (χ0v) is 15.6. The normalized spacial score (nSPS) is 11.7. The fourth-order valence-electron chi connectivity index (χ4n) is 2.70. The fourth-order valence-corrected chi connectivity index (χ4v) is 2.70. The lowest BCUT2D eigenvalue weighted by atomic mass is 10.0. The van der Waals surface area contributed by atoms with E-state index in [1.807, 2.05) is 0 Å². The predicted octanol–water partition coefficient (Wildman–Crippen LogP) is 5.87. The highest BCUT2D eigenvalue weighted by molar-refractivity contribution is 5.82. The van der Waals surface area contributed by atoms with Crippen molar-refractivity contribution in [2.45, 2.75) is 104 Å². The summed E-state index contributed by atoms with van der Waals surface area (Å²) in [4.78, 5) is 11.2. The molecule has 0 saturated heterocycles. The molecule has 0 rings (SSSR count). The molecule has 2 N–H and O–H groups in total. The maximum absolute atomic E-state index is 11.2. The Morgan fingerprint density at radius 3 is 1.57 bits per heavy atom. The van der Waals surface area contributed by atoms with Crippen molar-refractivity contribution in [1.29, 1.82) is 0 Å². The highest BCUT2D eigenvalue weighted by Crippen LogP contribution is 2.12. The van der Waals surface area contributed by atoms with Crippen LogP contribution in [0.1, 0.15) is 104 Å². The highest BCUT2D eigenvalue weighted by atomic mass is 16.5. The van der Waals surface area contributed by atoms with Crippen LogP contribution in [0.4, 0.5) is 0 Å². The Bertz CT molecular complexity index is 296. The summed E-state index contributed by atoms with van der Waals surface area (Å²) in [5.74, 6) is -0.320. The Kier molecular flexibility index (Phi) is 16.6. The minimum Gasteiger partial charge on any atom is -0.462 e. The molecule has 0 aromatic heterocycles. The molecule has 0 aliphatic rings. The van der Waals surface area contributed by atoms with Crippen LogP contribution in [0.3, 0.4) is 0 Å². The number of unbranched alkanes of at least 4 members (excludes halogenated alkanes) is 13. The summed E-state index contributed by atoms with van der Waals surface area (Å²) < 4.78 is 5.06. The van der Waals surface area contributed by atoms with E-state index in [9.17, 15) is 4.79 Å². The summed E-state index contributed by atoms with van der Waals surface area (Å²) in [5, 5.41) is 0. The number of allylic oxidation sites excluding steroid dienone is 1. The van der Waals surface area contributed by atoms with Gasteiger partial charge in [-0.1, -0.05) is 90.4 Å². The smallest absolute Gasteiger partial charge is 0.332 e. The van der Waals surface area contributed by atoms with E-state index in [0.29, 0.717) is 12.3 Å². The quantitative estimate of drug-likeness (QED) is 0.219. The Morgan fingerprint density at radius 2 is 1.17 bits per heavy atom. The molecular formula is C20H39NO2. The van der Waals surface area contributed by atoms with E-state index in [4.69, 9.17) is 10.5 Å². The molecule has 0 aromatic rings. The van der Waals surface area contributed by atoms with Crippen LogP contribution in [-0.2, 0) is 9.53 Å². The van der Waals surface area contributed by atoms with Crippen molar-refractivity contribution < 1.29 is 9.53 Å². The first-order chi connectivity index (χ1) is 11.2. The van der Waals surface area contributed by atoms with Gasteiger partial charge in [-0.3, -0.25) is 0 Å². The van der Waals surface area contributed by atoms with E-state index in [2.05, 4.69) is 6.92 Å². The first-order valence-electron chi connectivity index (χ1n) is 9.77. The van der Waals surface area contributed by atoms with Crippen LogP contribution in [0, 0.1) is 0 Å². The van der Waals surface area contributed by atoms with Crippen molar-refractivity contribution in [2.24, 2.45) is 5.73 Å². The molecule has 136 valence electrons. The molecule has 0 spiro atoms. The lowest BCUT2D eigenvalue weighted by Gasteiger charge is -2.04. The van der Waals surface area contributed by atoms with Crippen molar-refractivity contribution in [3.8, 4) is 0 Å². The van der Waals surface area contributed by atoms with Gasteiger partial charge in [0.2, 0.25) is 0 Å². The van der Waals surface area contributed by atoms with Crippen LogP contribution in [0.15, 0.2) is 11.8 Å². The maximum Gasteiger partial charge on any atom is 0.332 e. The molecule has 3 nitrogen and oxygen atoms in total. The second kappa shape index (κ2) is 17.4. The summed E-state index contributed by atoms with van der Waals surface area (Å²) in [6.45, 7) is 4.47. The number of carbonyl (C=O) groups excluding carboxylic acids is 1. The number of ether oxygens (including phenoxy) is 1. The number of rotatable bonds is 16. The number of hydrogen-bond donors (Lipinski definition) is 1. The van der Waals surface area contributed by atoms with Gasteiger partial charge in [-0.15, -0.1) is 0 Å². The van der Waals surface area contributed by atoms with Gasteiger partial charge in [-0.05, 0) is 13.3 Å². The van der Waals surface area contributed by atoms with E-state index in [1.165, 1.54) is 83.1 Å². The van der Waals surface area contributed by atoms with Crippen molar-refractivity contribution in [2.75, 3.05) is 6.61 Å². The third-order valence-corrected chi connectivity index (χ3v) is 4.09. The zero-order valence-electron chi connectivity index (χ0n) is 15.6. The van der Waals surface area contributed by atoms with Gasteiger partial charge < -0.3 is 10.5 Å². The molecule has 0 aliphatic carbocycles. The third kappa shape index (κ3) is 19.0. The van der Waals surface area contributed by atoms with Gasteiger partial charge in [0.05, 0.1) is 6.61 Å². The summed E-state index contributed by atoms with van der Waals surface area (Å²) in [6, 6.07) is 0. The van der Waals surface area contributed by atoms with Crippen LogP contribution >= 0.6 is 0 Å². The van der Waals surface area contributed by atoms with E-state index in [-0.39, 0.29) is 5.97 Å².